The highest BCUT2D eigenvalue weighted by Crippen LogP contribution is 2.45. The lowest BCUT2D eigenvalue weighted by Gasteiger charge is -2.38. The molecule has 0 aliphatic carbocycles. The fraction of sp³-hybridized carbons (Fsp3) is 0.724. The van der Waals surface area contributed by atoms with Crippen molar-refractivity contribution in [1.82, 2.24) is 0 Å². The molecular weight excluding hydrogens is 426 g/mol. The van der Waals surface area contributed by atoms with Gasteiger partial charge in [0.05, 0.1) is 12.7 Å². The molecule has 1 aromatic carbocycles. The van der Waals surface area contributed by atoms with Crippen LogP contribution in [0.15, 0.2) is 0 Å². The number of carbonyl (C=O) groups is 1. The van der Waals surface area contributed by atoms with Crippen LogP contribution in [0.3, 0.4) is 0 Å². The maximum Gasteiger partial charge on any atom is 0.303 e. The number of fused-ring (bicyclic) bond motifs is 1. The normalized spacial score (nSPS) is 17.0. The van der Waals surface area contributed by atoms with E-state index in [2.05, 4.69) is 33.8 Å². The highest BCUT2D eigenvalue weighted by Gasteiger charge is 2.34. The molecule has 1 N–H and O–H groups in total. The van der Waals surface area contributed by atoms with Crippen molar-refractivity contribution in [3.05, 3.63) is 22.3 Å². The number of nitrogens with zero attached hydrogens (tertiary/aromatic N) is 1. The van der Waals surface area contributed by atoms with Gasteiger partial charge < -0.3 is 14.6 Å². The number of rotatable bonds is 16. The van der Waals surface area contributed by atoms with E-state index in [0.29, 0.717) is 13.0 Å². The molecule has 1 heterocycles. The Kier molecular flexibility index (Phi) is 11.7. The molecule has 5 heteroatoms. The minimum Gasteiger partial charge on any atom is -0.493 e. The number of nitriles is 1. The Hall–Kier alpha value is -2.22. The van der Waals surface area contributed by atoms with Crippen molar-refractivity contribution in [2.45, 2.75) is 130 Å². The second-order valence-corrected chi connectivity index (χ2v) is 10.2. The van der Waals surface area contributed by atoms with Crippen molar-refractivity contribution < 1.29 is 19.4 Å². The first-order valence-electron chi connectivity index (χ1n) is 13.3. The number of aliphatic carboxylic acids is 1. The highest BCUT2D eigenvalue weighted by atomic mass is 16.5. The standard InChI is InChI=1S/C29H45NO4/c1-22-23(2)28-25(24(3)27(22)33-21-15-11-8-12-16-26(31)32)17-19-29(4,34-28)18-13-9-6-5-7-10-14-20-30/h5-19,21H2,1-4H3,(H,31,32). The molecule has 5 nitrogen and oxygen atoms in total. The number of hydrogen-bond donors (Lipinski definition) is 1. The molecule has 1 aliphatic heterocycles. The number of hydrogen-bond acceptors (Lipinski definition) is 4. The van der Waals surface area contributed by atoms with Crippen LogP contribution in [-0.4, -0.2) is 23.3 Å². The van der Waals surface area contributed by atoms with Crippen LogP contribution >= 0.6 is 0 Å². The molecule has 1 aromatic rings. The second-order valence-electron chi connectivity index (χ2n) is 10.2. The first-order chi connectivity index (χ1) is 16.3. The number of benzene rings is 1. The predicted molar refractivity (Wildman–Crippen MR) is 137 cm³/mol. The summed E-state index contributed by atoms with van der Waals surface area (Å²) in [6.45, 7) is 9.38. The maximum atomic E-state index is 10.6. The van der Waals surface area contributed by atoms with E-state index in [1.54, 1.807) is 0 Å². The van der Waals surface area contributed by atoms with Crippen LogP contribution in [-0.2, 0) is 11.2 Å². The van der Waals surface area contributed by atoms with Crippen molar-refractivity contribution in [2.75, 3.05) is 6.61 Å². The number of ether oxygens (including phenoxy) is 2. The average molecular weight is 472 g/mol. The Bertz CT molecular complexity index is 842. The Labute approximate surface area is 206 Å². The van der Waals surface area contributed by atoms with Gasteiger partial charge >= 0.3 is 5.97 Å². The van der Waals surface area contributed by atoms with E-state index in [9.17, 15) is 4.79 Å². The van der Waals surface area contributed by atoms with E-state index < -0.39 is 5.97 Å². The highest BCUT2D eigenvalue weighted by molar-refractivity contribution is 5.66. The van der Waals surface area contributed by atoms with E-state index in [4.69, 9.17) is 19.8 Å². The Morgan fingerprint density at radius 3 is 2.32 bits per heavy atom. The molecule has 0 bridgehead atoms. The van der Waals surface area contributed by atoms with Gasteiger partial charge in [-0.25, -0.2) is 0 Å². The topological polar surface area (TPSA) is 79.5 Å². The monoisotopic (exact) mass is 471 g/mol. The Morgan fingerprint density at radius 1 is 0.971 bits per heavy atom. The van der Waals surface area contributed by atoms with Gasteiger partial charge in [-0.1, -0.05) is 38.5 Å². The summed E-state index contributed by atoms with van der Waals surface area (Å²) in [4.78, 5) is 10.6. The van der Waals surface area contributed by atoms with Gasteiger partial charge in [-0.05, 0) is 89.3 Å². The van der Waals surface area contributed by atoms with Gasteiger partial charge in [-0.3, -0.25) is 4.79 Å². The molecule has 0 fully saturated rings. The summed E-state index contributed by atoms with van der Waals surface area (Å²) in [5.74, 6) is 1.36. The summed E-state index contributed by atoms with van der Waals surface area (Å²) >= 11 is 0. The zero-order valence-electron chi connectivity index (χ0n) is 21.9. The van der Waals surface area contributed by atoms with E-state index in [0.717, 1.165) is 62.9 Å². The van der Waals surface area contributed by atoms with E-state index >= 15 is 0 Å². The molecule has 0 aromatic heterocycles. The third kappa shape index (κ3) is 8.53. The van der Waals surface area contributed by atoms with Gasteiger partial charge in [0, 0.05) is 18.4 Å². The van der Waals surface area contributed by atoms with E-state index in [1.807, 2.05) is 0 Å². The lowest BCUT2D eigenvalue weighted by atomic mass is 9.84. The predicted octanol–water partition coefficient (Wildman–Crippen LogP) is 7.75. The second kappa shape index (κ2) is 14.2. The summed E-state index contributed by atoms with van der Waals surface area (Å²) in [6, 6.07) is 2.22. The van der Waals surface area contributed by atoms with Crippen LogP contribution in [0.25, 0.3) is 0 Å². The molecule has 2 rings (SSSR count). The van der Waals surface area contributed by atoms with Crippen molar-refractivity contribution in [1.29, 1.82) is 5.26 Å². The summed E-state index contributed by atoms with van der Waals surface area (Å²) in [7, 11) is 0. The van der Waals surface area contributed by atoms with E-state index in [1.165, 1.54) is 54.4 Å². The van der Waals surface area contributed by atoms with Gasteiger partial charge in [-0.2, -0.15) is 5.26 Å². The number of carboxylic acid groups (broad SMARTS) is 1. The van der Waals surface area contributed by atoms with Crippen LogP contribution in [0, 0.1) is 32.1 Å². The minimum absolute atomic E-state index is 0.101. The van der Waals surface area contributed by atoms with Crippen molar-refractivity contribution in [3.63, 3.8) is 0 Å². The van der Waals surface area contributed by atoms with Crippen LogP contribution in [0.1, 0.15) is 119 Å². The smallest absolute Gasteiger partial charge is 0.303 e. The fourth-order valence-electron chi connectivity index (χ4n) is 4.99. The largest absolute Gasteiger partial charge is 0.493 e. The van der Waals surface area contributed by atoms with Crippen molar-refractivity contribution >= 4 is 5.97 Å². The lowest BCUT2D eigenvalue weighted by molar-refractivity contribution is -0.137. The molecule has 190 valence electrons. The molecule has 1 aliphatic rings. The van der Waals surface area contributed by atoms with Gasteiger partial charge in [0.2, 0.25) is 0 Å². The minimum atomic E-state index is -0.714. The molecule has 0 saturated heterocycles. The molecule has 0 saturated carbocycles. The zero-order chi connectivity index (χ0) is 25.0. The quantitative estimate of drug-likeness (QED) is 0.249. The number of unbranched alkanes of at least 4 members (excludes halogenated alkanes) is 9. The van der Waals surface area contributed by atoms with Gasteiger partial charge in [0.25, 0.3) is 0 Å². The fourth-order valence-corrected chi connectivity index (χ4v) is 4.99. The van der Waals surface area contributed by atoms with Crippen LogP contribution in [0.5, 0.6) is 11.5 Å². The third-order valence-electron chi connectivity index (χ3n) is 7.34. The molecule has 34 heavy (non-hydrogen) atoms. The molecule has 1 unspecified atom stereocenters. The van der Waals surface area contributed by atoms with Crippen LogP contribution in [0.2, 0.25) is 0 Å². The SMILES string of the molecule is Cc1c(C)c2c(c(C)c1OCCCCCCC(=O)O)CCC(C)(CCCCCCCCC#N)O2. The lowest BCUT2D eigenvalue weighted by Crippen LogP contribution is -2.37. The Morgan fingerprint density at radius 2 is 1.62 bits per heavy atom. The summed E-state index contributed by atoms with van der Waals surface area (Å²) in [5, 5.41) is 17.4. The summed E-state index contributed by atoms with van der Waals surface area (Å²) in [5.41, 5.74) is 4.78. The molecular formula is C29H45NO4. The third-order valence-corrected chi connectivity index (χ3v) is 7.34. The maximum absolute atomic E-state index is 10.6. The molecule has 0 amide bonds. The summed E-state index contributed by atoms with van der Waals surface area (Å²) < 4.78 is 12.9. The first kappa shape index (κ1) is 28.0. The van der Waals surface area contributed by atoms with Gasteiger partial charge in [0.1, 0.15) is 17.1 Å². The zero-order valence-corrected chi connectivity index (χ0v) is 21.9. The van der Waals surface area contributed by atoms with Crippen molar-refractivity contribution in [3.8, 4) is 17.6 Å². The first-order valence-corrected chi connectivity index (χ1v) is 13.3. The number of carboxylic acids is 1. The summed E-state index contributed by atoms with van der Waals surface area (Å²) in [6.07, 6.45) is 14.8. The van der Waals surface area contributed by atoms with Gasteiger partial charge in [0.15, 0.2) is 0 Å². The molecule has 0 radical (unpaired) electrons. The van der Waals surface area contributed by atoms with Crippen LogP contribution in [0.4, 0.5) is 0 Å². The van der Waals surface area contributed by atoms with Crippen LogP contribution < -0.4 is 9.47 Å². The average Bonchev–Trinajstić information content (AvgIpc) is 2.80. The van der Waals surface area contributed by atoms with Gasteiger partial charge in [-0.15, -0.1) is 0 Å². The molecule has 1 atom stereocenters. The Balaban J connectivity index is 1.86. The van der Waals surface area contributed by atoms with E-state index in [-0.39, 0.29) is 12.0 Å². The molecule has 0 spiro atoms. The van der Waals surface area contributed by atoms with Crippen molar-refractivity contribution in [2.24, 2.45) is 0 Å².